The summed E-state index contributed by atoms with van der Waals surface area (Å²) in [6, 6.07) is 8.72. The molecule has 1 aromatic carbocycles. The van der Waals surface area contributed by atoms with Gasteiger partial charge in [-0.05, 0) is 62.4 Å². The lowest BCUT2D eigenvalue weighted by atomic mass is 9.94. The molecule has 0 spiro atoms. The lowest BCUT2D eigenvalue weighted by Gasteiger charge is -2.26. The molecule has 4 aromatic rings. The number of hydrogen-bond donors (Lipinski definition) is 3. The number of pyridine rings is 1. The molecular formula is C24H28N6O3S. The third kappa shape index (κ3) is 4.08. The molecule has 178 valence electrons. The van der Waals surface area contributed by atoms with E-state index in [4.69, 9.17) is 5.73 Å². The van der Waals surface area contributed by atoms with Gasteiger partial charge in [-0.2, -0.15) is 5.10 Å². The van der Waals surface area contributed by atoms with Gasteiger partial charge in [-0.15, -0.1) is 0 Å². The van der Waals surface area contributed by atoms with E-state index < -0.39 is 10.0 Å². The fraction of sp³-hybridized carbons (Fsp3) is 0.333. The average molecular weight is 481 g/mol. The van der Waals surface area contributed by atoms with E-state index in [2.05, 4.69) is 14.8 Å². The number of aryl methyl sites for hydroxylation is 2. The number of anilines is 1. The Morgan fingerprint density at radius 1 is 1.12 bits per heavy atom. The number of sulfonamides is 1. The van der Waals surface area contributed by atoms with Gasteiger partial charge in [0.1, 0.15) is 0 Å². The third-order valence-corrected chi connectivity index (χ3v) is 8.08. The SMILES string of the molecule is Cc1ccc(S(=O)(=O)N[C@H]2CC[C@H](O)CC2)cc1-c1cnc2c(N)cc(-c3ccnn3C)cn12. The summed E-state index contributed by atoms with van der Waals surface area (Å²) in [4.78, 5) is 4.70. The van der Waals surface area contributed by atoms with Crippen LogP contribution in [0.1, 0.15) is 31.2 Å². The lowest BCUT2D eigenvalue weighted by Crippen LogP contribution is -2.38. The predicted molar refractivity (Wildman–Crippen MR) is 131 cm³/mol. The minimum atomic E-state index is -3.72. The molecule has 0 radical (unpaired) electrons. The molecule has 0 bridgehead atoms. The van der Waals surface area contributed by atoms with Crippen LogP contribution in [-0.4, -0.2) is 44.8 Å². The second kappa shape index (κ2) is 8.53. The molecule has 9 nitrogen and oxygen atoms in total. The van der Waals surface area contributed by atoms with Crippen molar-refractivity contribution in [3.63, 3.8) is 0 Å². The second-order valence-corrected chi connectivity index (χ2v) is 10.7. The fourth-order valence-electron chi connectivity index (χ4n) is 4.64. The lowest BCUT2D eigenvalue weighted by molar-refractivity contribution is 0.120. The van der Waals surface area contributed by atoms with Crippen molar-refractivity contribution in [1.29, 1.82) is 0 Å². The number of benzene rings is 1. The summed E-state index contributed by atoms with van der Waals surface area (Å²) in [5.74, 6) is 0. The van der Waals surface area contributed by atoms with Crippen molar-refractivity contribution in [3.8, 4) is 22.5 Å². The van der Waals surface area contributed by atoms with Gasteiger partial charge in [-0.1, -0.05) is 6.07 Å². The van der Waals surface area contributed by atoms with Gasteiger partial charge in [0.25, 0.3) is 0 Å². The summed E-state index contributed by atoms with van der Waals surface area (Å²) in [7, 11) is -1.85. The van der Waals surface area contributed by atoms with Crippen LogP contribution < -0.4 is 10.5 Å². The van der Waals surface area contributed by atoms with Crippen LogP contribution in [0.3, 0.4) is 0 Å². The number of fused-ring (bicyclic) bond motifs is 1. The van der Waals surface area contributed by atoms with Crippen LogP contribution in [0, 0.1) is 6.92 Å². The number of nitrogens with two attached hydrogens (primary N) is 1. The van der Waals surface area contributed by atoms with Crippen LogP contribution in [0.15, 0.2) is 53.8 Å². The molecule has 1 aliphatic carbocycles. The summed E-state index contributed by atoms with van der Waals surface area (Å²) >= 11 is 0. The summed E-state index contributed by atoms with van der Waals surface area (Å²) < 4.78 is 32.8. The highest BCUT2D eigenvalue weighted by atomic mass is 32.2. The first-order chi connectivity index (χ1) is 16.2. The van der Waals surface area contributed by atoms with Crippen LogP contribution in [0.2, 0.25) is 0 Å². The van der Waals surface area contributed by atoms with Crippen molar-refractivity contribution >= 4 is 21.4 Å². The molecule has 34 heavy (non-hydrogen) atoms. The molecular weight excluding hydrogens is 452 g/mol. The zero-order valence-corrected chi connectivity index (χ0v) is 20.0. The molecule has 10 heteroatoms. The van der Waals surface area contributed by atoms with E-state index in [1.165, 1.54) is 0 Å². The third-order valence-electron chi connectivity index (χ3n) is 6.56. The molecule has 4 N–H and O–H groups in total. The van der Waals surface area contributed by atoms with Gasteiger partial charge < -0.3 is 10.8 Å². The average Bonchev–Trinajstić information content (AvgIpc) is 3.42. The van der Waals surface area contributed by atoms with E-state index in [1.54, 1.807) is 29.2 Å². The minimum absolute atomic E-state index is 0.171. The number of nitrogens with zero attached hydrogens (tertiary/aromatic N) is 4. The summed E-state index contributed by atoms with van der Waals surface area (Å²) in [5, 5.41) is 14.0. The van der Waals surface area contributed by atoms with Gasteiger partial charge in [0.15, 0.2) is 5.65 Å². The zero-order chi connectivity index (χ0) is 24.0. The van der Waals surface area contributed by atoms with Gasteiger partial charge in [0.05, 0.1) is 34.3 Å². The normalized spacial score (nSPS) is 19.0. The Morgan fingerprint density at radius 3 is 2.59 bits per heavy atom. The predicted octanol–water partition coefficient (Wildman–Crippen LogP) is 2.87. The first-order valence-electron chi connectivity index (χ1n) is 11.3. The van der Waals surface area contributed by atoms with Gasteiger partial charge in [-0.25, -0.2) is 18.1 Å². The minimum Gasteiger partial charge on any atom is -0.396 e. The van der Waals surface area contributed by atoms with E-state index in [1.807, 2.05) is 42.8 Å². The molecule has 3 aromatic heterocycles. The molecule has 1 saturated carbocycles. The molecule has 3 heterocycles. The Balaban J connectivity index is 1.55. The molecule has 1 aliphatic rings. The van der Waals surface area contributed by atoms with E-state index in [0.29, 0.717) is 37.0 Å². The topological polar surface area (TPSA) is 128 Å². The summed E-state index contributed by atoms with van der Waals surface area (Å²) in [6.07, 6.45) is 7.51. The maximum Gasteiger partial charge on any atom is 0.240 e. The van der Waals surface area contributed by atoms with Gasteiger partial charge in [0, 0.05) is 36.6 Å². The molecule has 0 saturated heterocycles. The Morgan fingerprint density at radius 2 is 1.88 bits per heavy atom. The fourth-order valence-corrected chi connectivity index (χ4v) is 5.97. The quantitative estimate of drug-likeness (QED) is 0.403. The van der Waals surface area contributed by atoms with Crippen LogP contribution in [-0.2, 0) is 17.1 Å². The largest absolute Gasteiger partial charge is 0.396 e. The maximum absolute atomic E-state index is 13.2. The zero-order valence-electron chi connectivity index (χ0n) is 19.1. The van der Waals surface area contributed by atoms with Gasteiger partial charge in [-0.3, -0.25) is 9.08 Å². The van der Waals surface area contributed by atoms with Gasteiger partial charge >= 0.3 is 0 Å². The summed E-state index contributed by atoms with van der Waals surface area (Å²) in [6.45, 7) is 1.94. The number of nitrogen functional groups attached to an aromatic ring is 1. The number of hydrogen-bond acceptors (Lipinski definition) is 6. The number of aromatic nitrogens is 4. The molecule has 0 atom stereocenters. The highest BCUT2D eigenvalue weighted by Gasteiger charge is 2.25. The Hall–Kier alpha value is -3.21. The second-order valence-electron chi connectivity index (χ2n) is 8.96. The maximum atomic E-state index is 13.2. The van der Waals surface area contributed by atoms with Crippen molar-refractivity contribution in [2.24, 2.45) is 7.05 Å². The molecule has 0 amide bonds. The Kier molecular flexibility index (Phi) is 5.67. The van der Waals surface area contributed by atoms with E-state index >= 15 is 0 Å². The van der Waals surface area contributed by atoms with Crippen LogP contribution in [0.5, 0.6) is 0 Å². The van der Waals surface area contributed by atoms with Crippen molar-refractivity contribution < 1.29 is 13.5 Å². The highest BCUT2D eigenvalue weighted by molar-refractivity contribution is 7.89. The van der Waals surface area contributed by atoms with Crippen molar-refractivity contribution in [2.75, 3.05) is 5.73 Å². The van der Waals surface area contributed by atoms with E-state index in [0.717, 1.165) is 28.1 Å². The molecule has 0 aliphatic heterocycles. The number of rotatable bonds is 5. The van der Waals surface area contributed by atoms with Crippen LogP contribution in [0.4, 0.5) is 5.69 Å². The number of aliphatic hydroxyl groups excluding tert-OH is 1. The standard InChI is InChI=1S/C24H28N6O3S/c1-15-3-8-19(34(32,33)28-17-4-6-18(31)7-5-17)12-20(15)23-13-26-24-21(25)11-16(14-30(23)24)22-9-10-27-29(22)2/h3,8-14,17-18,28,31H,4-7,25H2,1-2H3/t17-,18-. The van der Waals surface area contributed by atoms with E-state index in [-0.39, 0.29) is 17.0 Å². The smallest absolute Gasteiger partial charge is 0.240 e. The number of nitrogens with one attached hydrogen (secondary N) is 1. The van der Waals surface area contributed by atoms with Gasteiger partial charge in [0.2, 0.25) is 10.0 Å². The Labute approximate surface area is 198 Å². The van der Waals surface area contributed by atoms with Crippen molar-refractivity contribution in [2.45, 2.75) is 49.6 Å². The molecule has 1 fully saturated rings. The molecule has 5 rings (SSSR count). The first kappa shape index (κ1) is 22.6. The highest BCUT2D eigenvalue weighted by Crippen LogP contribution is 2.31. The van der Waals surface area contributed by atoms with Crippen LogP contribution >= 0.6 is 0 Å². The molecule has 0 unspecified atom stereocenters. The first-order valence-corrected chi connectivity index (χ1v) is 12.8. The number of aliphatic hydroxyl groups is 1. The van der Waals surface area contributed by atoms with Crippen LogP contribution in [0.25, 0.3) is 28.2 Å². The summed E-state index contributed by atoms with van der Waals surface area (Å²) in [5.41, 5.74) is 11.7. The van der Waals surface area contributed by atoms with E-state index in [9.17, 15) is 13.5 Å². The van der Waals surface area contributed by atoms with Crippen molar-refractivity contribution in [1.82, 2.24) is 23.9 Å². The number of imidazole rings is 1. The Bertz CT molecular complexity index is 1470. The monoisotopic (exact) mass is 480 g/mol. The van der Waals surface area contributed by atoms with Crippen molar-refractivity contribution in [3.05, 3.63) is 54.5 Å².